The number of nitrogens with one attached hydrogen (secondary N) is 1. The number of fused-ring (bicyclic) bond motifs is 5. The first-order chi connectivity index (χ1) is 11.3. The van der Waals surface area contributed by atoms with E-state index in [1.807, 2.05) is 6.07 Å². The smallest absolute Gasteiger partial charge is 0.0536 e. The molecule has 23 heavy (non-hydrogen) atoms. The van der Waals surface area contributed by atoms with Crippen LogP contribution < -0.4 is 0 Å². The number of aromatic nitrogens is 2. The summed E-state index contributed by atoms with van der Waals surface area (Å²) < 4.78 is 3.34. The molecule has 0 aliphatic rings. The van der Waals surface area contributed by atoms with Crippen molar-refractivity contribution in [1.82, 2.24) is 9.55 Å². The molecule has 0 fully saturated rings. The molecular weight excluding hydrogens is 348 g/mol. The Morgan fingerprint density at radius 1 is 0.783 bits per heavy atom. The highest BCUT2D eigenvalue weighted by Crippen LogP contribution is 2.34. The van der Waals surface area contributed by atoms with E-state index >= 15 is 0 Å². The van der Waals surface area contributed by atoms with Gasteiger partial charge in [-0.05, 0) is 48.5 Å². The summed E-state index contributed by atoms with van der Waals surface area (Å²) in [6, 6.07) is 23.4. The molecule has 110 valence electrons. The standard InChI is InChI=1S/C20H13BrN2/c21-13-6-7-17-16(12-13)20-15-10-11-23(14-4-2-1-3-5-14)19(15)9-8-18(20)22-17/h1-12,22H. The van der Waals surface area contributed by atoms with E-state index in [0.717, 1.165) is 4.47 Å². The Balaban J connectivity index is 1.92. The highest BCUT2D eigenvalue weighted by Gasteiger charge is 2.11. The lowest BCUT2D eigenvalue weighted by atomic mass is 10.1. The number of nitrogens with zero attached hydrogens (tertiary/aromatic N) is 1. The van der Waals surface area contributed by atoms with E-state index in [-0.39, 0.29) is 0 Å². The van der Waals surface area contributed by atoms with Crippen molar-refractivity contribution in [1.29, 1.82) is 0 Å². The number of hydrogen-bond donors (Lipinski definition) is 1. The molecule has 3 aromatic carbocycles. The normalized spacial score (nSPS) is 11.7. The molecule has 5 aromatic rings. The molecule has 0 saturated heterocycles. The molecule has 0 radical (unpaired) electrons. The summed E-state index contributed by atoms with van der Waals surface area (Å²) in [5, 5.41) is 3.81. The van der Waals surface area contributed by atoms with Gasteiger partial charge in [0.25, 0.3) is 0 Å². The molecule has 1 N–H and O–H groups in total. The molecular formula is C20H13BrN2. The maximum Gasteiger partial charge on any atom is 0.0536 e. The third kappa shape index (κ3) is 1.87. The van der Waals surface area contributed by atoms with Gasteiger partial charge in [0.15, 0.2) is 0 Å². The van der Waals surface area contributed by atoms with E-state index in [9.17, 15) is 0 Å². The van der Waals surface area contributed by atoms with Gasteiger partial charge >= 0.3 is 0 Å². The van der Waals surface area contributed by atoms with E-state index in [1.54, 1.807) is 0 Å². The minimum Gasteiger partial charge on any atom is -0.354 e. The van der Waals surface area contributed by atoms with Crippen LogP contribution in [0.1, 0.15) is 0 Å². The summed E-state index contributed by atoms with van der Waals surface area (Å²) >= 11 is 3.59. The van der Waals surface area contributed by atoms with Gasteiger partial charge in [-0.2, -0.15) is 0 Å². The zero-order valence-electron chi connectivity index (χ0n) is 12.3. The van der Waals surface area contributed by atoms with Crippen LogP contribution in [0.3, 0.4) is 0 Å². The molecule has 0 aliphatic heterocycles. The van der Waals surface area contributed by atoms with Gasteiger partial charge in [-0.1, -0.05) is 34.1 Å². The second-order valence-corrected chi connectivity index (χ2v) is 6.67. The number of H-pyrrole nitrogens is 1. The van der Waals surface area contributed by atoms with Crippen LogP contribution in [0.4, 0.5) is 0 Å². The molecule has 0 saturated carbocycles. The van der Waals surface area contributed by atoms with Crippen molar-refractivity contribution in [3.63, 3.8) is 0 Å². The summed E-state index contributed by atoms with van der Waals surface area (Å²) in [5.74, 6) is 0. The zero-order valence-corrected chi connectivity index (χ0v) is 13.8. The molecule has 0 amide bonds. The molecule has 3 heteroatoms. The molecule has 0 unspecified atom stereocenters. The van der Waals surface area contributed by atoms with Crippen molar-refractivity contribution in [3.8, 4) is 5.69 Å². The van der Waals surface area contributed by atoms with Crippen LogP contribution in [-0.4, -0.2) is 9.55 Å². The van der Waals surface area contributed by atoms with E-state index in [4.69, 9.17) is 0 Å². The van der Waals surface area contributed by atoms with Gasteiger partial charge in [0.05, 0.1) is 5.52 Å². The number of benzene rings is 3. The molecule has 0 spiro atoms. The Hall–Kier alpha value is -2.52. The molecule has 2 aromatic heterocycles. The quantitative estimate of drug-likeness (QED) is 0.376. The summed E-state index contributed by atoms with van der Waals surface area (Å²) in [4.78, 5) is 3.52. The zero-order chi connectivity index (χ0) is 15.4. The second-order valence-electron chi connectivity index (χ2n) is 5.76. The van der Waals surface area contributed by atoms with Gasteiger partial charge in [0, 0.05) is 43.5 Å². The highest BCUT2D eigenvalue weighted by atomic mass is 79.9. The van der Waals surface area contributed by atoms with Crippen LogP contribution in [-0.2, 0) is 0 Å². The first kappa shape index (κ1) is 13.0. The summed E-state index contributed by atoms with van der Waals surface area (Å²) in [5.41, 5.74) is 4.76. The van der Waals surface area contributed by atoms with Crippen LogP contribution in [0.2, 0.25) is 0 Å². The predicted octanol–water partition coefficient (Wildman–Crippen LogP) is 6.03. The number of hydrogen-bond acceptors (Lipinski definition) is 0. The Morgan fingerprint density at radius 3 is 2.48 bits per heavy atom. The van der Waals surface area contributed by atoms with E-state index in [0.29, 0.717) is 0 Å². The predicted molar refractivity (Wildman–Crippen MR) is 100 cm³/mol. The monoisotopic (exact) mass is 360 g/mol. The highest BCUT2D eigenvalue weighted by molar-refractivity contribution is 9.10. The van der Waals surface area contributed by atoms with Gasteiger partial charge in [-0.25, -0.2) is 0 Å². The fraction of sp³-hybridized carbons (Fsp3) is 0. The average molecular weight is 361 g/mol. The van der Waals surface area contributed by atoms with Gasteiger partial charge in [0.1, 0.15) is 0 Å². The van der Waals surface area contributed by atoms with Gasteiger partial charge in [-0.3, -0.25) is 0 Å². The first-order valence-electron chi connectivity index (χ1n) is 7.58. The molecule has 2 heterocycles. The third-order valence-corrected chi connectivity index (χ3v) is 4.92. The van der Waals surface area contributed by atoms with Gasteiger partial charge < -0.3 is 9.55 Å². The van der Waals surface area contributed by atoms with Crippen LogP contribution >= 0.6 is 15.9 Å². The Morgan fingerprint density at radius 2 is 1.61 bits per heavy atom. The van der Waals surface area contributed by atoms with Crippen molar-refractivity contribution in [2.24, 2.45) is 0 Å². The average Bonchev–Trinajstić information content (AvgIpc) is 3.16. The SMILES string of the molecule is Brc1ccc2[nH]c3ccc4c(ccn4-c4ccccc4)c3c2c1. The van der Waals surface area contributed by atoms with Gasteiger partial charge in [-0.15, -0.1) is 0 Å². The van der Waals surface area contributed by atoms with Crippen molar-refractivity contribution < 1.29 is 0 Å². The summed E-state index contributed by atoms with van der Waals surface area (Å²) in [6.07, 6.45) is 2.15. The Kier molecular flexibility index (Phi) is 2.67. The van der Waals surface area contributed by atoms with Crippen molar-refractivity contribution in [2.75, 3.05) is 0 Å². The fourth-order valence-electron chi connectivity index (χ4n) is 3.40. The topological polar surface area (TPSA) is 20.7 Å². The van der Waals surface area contributed by atoms with Crippen LogP contribution in [0.15, 0.2) is 77.4 Å². The maximum atomic E-state index is 3.59. The number of para-hydroxylation sites is 1. The van der Waals surface area contributed by atoms with Crippen LogP contribution in [0, 0.1) is 0 Å². The van der Waals surface area contributed by atoms with Crippen LogP contribution in [0.5, 0.6) is 0 Å². The second kappa shape index (κ2) is 4.74. The van der Waals surface area contributed by atoms with E-state index < -0.39 is 0 Å². The molecule has 5 rings (SSSR count). The lowest BCUT2D eigenvalue weighted by Gasteiger charge is -2.05. The lowest BCUT2D eigenvalue weighted by molar-refractivity contribution is 1.13. The van der Waals surface area contributed by atoms with E-state index in [2.05, 4.69) is 92.3 Å². The van der Waals surface area contributed by atoms with Crippen LogP contribution in [0.25, 0.3) is 38.4 Å². The molecule has 0 bridgehead atoms. The Bertz CT molecular complexity index is 1170. The minimum atomic E-state index is 1.10. The number of aromatic amines is 1. The first-order valence-corrected chi connectivity index (χ1v) is 8.37. The fourth-order valence-corrected chi connectivity index (χ4v) is 3.76. The molecule has 0 aliphatic carbocycles. The minimum absolute atomic E-state index is 1.10. The van der Waals surface area contributed by atoms with E-state index in [1.165, 1.54) is 38.4 Å². The Labute approximate surface area is 141 Å². The third-order valence-electron chi connectivity index (χ3n) is 4.43. The number of rotatable bonds is 1. The van der Waals surface area contributed by atoms with Crippen molar-refractivity contribution in [2.45, 2.75) is 0 Å². The molecule has 0 atom stereocenters. The maximum absolute atomic E-state index is 3.59. The molecule has 2 nitrogen and oxygen atoms in total. The number of halogens is 1. The summed E-state index contributed by atoms with van der Waals surface area (Å²) in [6.45, 7) is 0. The van der Waals surface area contributed by atoms with Crippen molar-refractivity contribution >= 4 is 48.6 Å². The van der Waals surface area contributed by atoms with Gasteiger partial charge in [0.2, 0.25) is 0 Å². The lowest BCUT2D eigenvalue weighted by Crippen LogP contribution is -1.90. The largest absolute Gasteiger partial charge is 0.354 e. The summed E-state index contributed by atoms with van der Waals surface area (Å²) in [7, 11) is 0. The van der Waals surface area contributed by atoms with Crippen molar-refractivity contribution in [3.05, 3.63) is 77.4 Å².